The Morgan fingerprint density at radius 1 is 1.13 bits per heavy atom. The summed E-state index contributed by atoms with van der Waals surface area (Å²) in [6, 6.07) is 4.76. The summed E-state index contributed by atoms with van der Waals surface area (Å²) in [7, 11) is 0. The van der Waals surface area contributed by atoms with Crippen LogP contribution in [0, 0.1) is 25.6 Å². The number of Topliss-reactive ketones (excluding diaryl/α,β-unsaturated/α-hetero) is 2. The Labute approximate surface area is 190 Å². The van der Waals surface area contributed by atoms with Gasteiger partial charge in [-0.2, -0.15) is 0 Å². The van der Waals surface area contributed by atoms with Gasteiger partial charge >= 0.3 is 0 Å². The molecule has 0 spiro atoms. The first-order chi connectivity index (χ1) is 14.7. The molecule has 1 fully saturated rings. The summed E-state index contributed by atoms with van der Waals surface area (Å²) in [5, 5.41) is 0.229. The molecule has 2 atom stereocenters. The van der Waals surface area contributed by atoms with Crippen molar-refractivity contribution in [2.24, 2.45) is 5.92 Å². The van der Waals surface area contributed by atoms with Crippen LogP contribution in [0.5, 0.6) is 0 Å². The number of pyridine rings is 1. The van der Waals surface area contributed by atoms with Crippen LogP contribution in [-0.2, 0) is 9.59 Å². The zero-order valence-corrected chi connectivity index (χ0v) is 20.4. The highest BCUT2D eigenvalue weighted by Gasteiger charge is 2.42. The monoisotopic (exact) mass is 445 g/mol. The highest BCUT2D eigenvalue weighted by molar-refractivity contribution is 6.30. The summed E-state index contributed by atoms with van der Waals surface area (Å²) in [5.74, 6) is -1.65. The van der Waals surface area contributed by atoms with Gasteiger partial charge in [-0.25, -0.2) is 4.39 Å². The van der Waals surface area contributed by atoms with Crippen LogP contribution < -0.4 is 0 Å². The van der Waals surface area contributed by atoms with Gasteiger partial charge in [-0.1, -0.05) is 44.9 Å². The van der Waals surface area contributed by atoms with Crippen molar-refractivity contribution in [2.75, 3.05) is 0 Å². The minimum Gasteiger partial charge on any atom is -0.298 e. The Morgan fingerprint density at radius 2 is 1.68 bits per heavy atom. The normalized spacial score (nSPS) is 17.5. The zero-order chi connectivity index (χ0) is 23.9. The molecular weight excluding hydrogens is 413 g/mol. The number of rotatable bonds is 4. The molecule has 31 heavy (non-hydrogen) atoms. The van der Waals surface area contributed by atoms with Gasteiger partial charge in [-0.3, -0.25) is 14.6 Å². The lowest BCUT2D eigenvalue weighted by Crippen LogP contribution is -2.18. The molecule has 1 heterocycles. The van der Waals surface area contributed by atoms with Crippen molar-refractivity contribution in [3.8, 4) is 11.3 Å². The van der Waals surface area contributed by atoms with Crippen LogP contribution >= 0.6 is 11.6 Å². The summed E-state index contributed by atoms with van der Waals surface area (Å²) >= 11 is 5.78. The predicted molar refractivity (Wildman–Crippen MR) is 127 cm³/mol. The first-order valence-electron chi connectivity index (χ1n) is 10.8. The molecule has 2 unspecified atom stereocenters. The van der Waals surface area contributed by atoms with Crippen molar-refractivity contribution >= 4 is 23.2 Å². The summed E-state index contributed by atoms with van der Waals surface area (Å²) in [5.41, 5.74) is 3.98. The number of allylic oxidation sites excluding steroid dienone is 1. The van der Waals surface area contributed by atoms with Gasteiger partial charge in [0.25, 0.3) is 0 Å². The Hall–Kier alpha value is -2.33. The summed E-state index contributed by atoms with van der Waals surface area (Å²) in [4.78, 5) is 29.5. The summed E-state index contributed by atoms with van der Waals surface area (Å²) in [6.07, 6.45) is 2.19. The fourth-order valence-corrected chi connectivity index (χ4v) is 4.09. The number of aryl methyl sites for hydroxylation is 2. The minimum atomic E-state index is -0.744. The van der Waals surface area contributed by atoms with Gasteiger partial charge in [-0.05, 0) is 62.1 Å². The van der Waals surface area contributed by atoms with E-state index < -0.39 is 11.7 Å². The molecule has 0 N–H and O–H groups in total. The number of hydrogen-bond donors (Lipinski definition) is 0. The third kappa shape index (κ3) is 6.10. The minimum absolute atomic E-state index is 0.0438. The molecule has 1 aromatic heterocycles. The van der Waals surface area contributed by atoms with Crippen LogP contribution in [-0.4, -0.2) is 16.6 Å². The lowest BCUT2D eigenvalue weighted by molar-refractivity contribution is -0.124. The molecule has 1 saturated carbocycles. The quantitative estimate of drug-likeness (QED) is 0.363. The molecule has 2 aromatic rings. The molecule has 3 rings (SSSR count). The molecule has 1 aliphatic rings. The van der Waals surface area contributed by atoms with Gasteiger partial charge in [0.1, 0.15) is 17.4 Å². The van der Waals surface area contributed by atoms with Crippen LogP contribution in [0.4, 0.5) is 4.39 Å². The predicted octanol–water partition coefficient (Wildman–Crippen LogP) is 7.42. The van der Waals surface area contributed by atoms with Crippen molar-refractivity contribution in [3.05, 3.63) is 64.1 Å². The number of nitrogens with zero attached hydrogens (tertiary/aromatic N) is 1. The topological polar surface area (TPSA) is 47.0 Å². The molecule has 1 aliphatic carbocycles. The lowest BCUT2D eigenvalue weighted by atomic mass is 9.85. The average Bonchev–Trinajstić information content (AvgIpc) is 2.97. The van der Waals surface area contributed by atoms with Crippen LogP contribution in [0.1, 0.15) is 70.1 Å². The standard InChI is InChI=1S/C22H21ClFNO2.2C2H6/c1-11(2)5-15-8-18(26)20(22(15)27)19-12(3)6-14(7-13(19)4)21-17(24)9-16(23)10-25-21;2*1-2/h6-7,9-10,15,20H,1,5,8H2,2-4H3;2*1-2H3. The van der Waals surface area contributed by atoms with Gasteiger partial charge in [0, 0.05) is 24.1 Å². The van der Waals surface area contributed by atoms with E-state index in [0.717, 1.165) is 22.3 Å². The number of ketones is 2. The van der Waals surface area contributed by atoms with E-state index >= 15 is 0 Å². The molecule has 168 valence electrons. The third-order valence-electron chi connectivity index (χ3n) is 5.01. The van der Waals surface area contributed by atoms with E-state index in [1.165, 1.54) is 12.3 Å². The molecule has 3 nitrogen and oxygen atoms in total. The second-order valence-corrected chi connectivity index (χ2v) is 7.81. The maximum absolute atomic E-state index is 14.2. The van der Waals surface area contributed by atoms with Crippen LogP contribution in [0.25, 0.3) is 11.3 Å². The smallest absolute Gasteiger partial charge is 0.151 e. The van der Waals surface area contributed by atoms with Crippen molar-refractivity contribution < 1.29 is 14.0 Å². The second-order valence-electron chi connectivity index (χ2n) is 7.37. The van der Waals surface area contributed by atoms with Crippen molar-refractivity contribution in [1.82, 2.24) is 4.98 Å². The molecule has 0 amide bonds. The summed E-state index contributed by atoms with van der Waals surface area (Å²) in [6.45, 7) is 17.4. The van der Waals surface area contributed by atoms with Crippen LogP contribution in [0.2, 0.25) is 5.02 Å². The molecular formula is C26H33ClFNO2. The maximum Gasteiger partial charge on any atom is 0.151 e. The van der Waals surface area contributed by atoms with Gasteiger partial charge in [0.15, 0.2) is 11.6 Å². The van der Waals surface area contributed by atoms with E-state index in [4.69, 9.17) is 11.6 Å². The number of aromatic nitrogens is 1. The largest absolute Gasteiger partial charge is 0.298 e. The first kappa shape index (κ1) is 26.7. The van der Waals surface area contributed by atoms with E-state index in [-0.39, 0.29) is 34.6 Å². The van der Waals surface area contributed by atoms with Crippen LogP contribution in [0.3, 0.4) is 0 Å². The third-order valence-corrected chi connectivity index (χ3v) is 5.22. The molecule has 1 aromatic carbocycles. The van der Waals surface area contributed by atoms with E-state index in [1.54, 1.807) is 12.1 Å². The van der Waals surface area contributed by atoms with Gasteiger partial charge in [0.05, 0.1) is 5.02 Å². The maximum atomic E-state index is 14.2. The first-order valence-corrected chi connectivity index (χ1v) is 11.2. The SMILES string of the molecule is C=C(C)CC1CC(=O)C(c2c(C)cc(-c3ncc(Cl)cc3F)cc2C)C1=O.CC.CC. The highest BCUT2D eigenvalue weighted by atomic mass is 35.5. The summed E-state index contributed by atoms with van der Waals surface area (Å²) < 4.78 is 14.2. The van der Waals surface area contributed by atoms with Crippen molar-refractivity contribution in [1.29, 1.82) is 0 Å². The number of carbonyl (C=O) groups is 2. The second kappa shape index (κ2) is 11.9. The lowest BCUT2D eigenvalue weighted by Gasteiger charge is -2.17. The zero-order valence-electron chi connectivity index (χ0n) is 19.6. The van der Waals surface area contributed by atoms with E-state index in [9.17, 15) is 14.0 Å². The van der Waals surface area contributed by atoms with Crippen LogP contribution in [0.15, 0.2) is 36.5 Å². The Bertz CT molecular complexity index is 945. The molecule has 5 heteroatoms. The molecule has 0 bridgehead atoms. The number of hydrogen-bond acceptors (Lipinski definition) is 3. The molecule has 0 saturated heterocycles. The van der Waals surface area contributed by atoms with E-state index in [2.05, 4.69) is 11.6 Å². The fraction of sp³-hybridized carbons (Fsp3) is 0.423. The number of carbonyl (C=O) groups excluding carboxylic acids is 2. The average molecular weight is 446 g/mol. The number of benzene rings is 1. The molecule has 0 aliphatic heterocycles. The van der Waals surface area contributed by atoms with Crippen molar-refractivity contribution in [3.63, 3.8) is 0 Å². The van der Waals surface area contributed by atoms with Gasteiger partial charge in [-0.15, -0.1) is 6.58 Å². The Balaban J connectivity index is 0.00000113. The van der Waals surface area contributed by atoms with E-state index in [1.807, 2.05) is 48.5 Å². The van der Waals surface area contributed by atoms with Crippen molar-refractivity contribution in [2.45, 2.75) is 67.2 Å². The van der Waals surface area contributed by atoms with Gasteiger partial charge in [0.2, 0.25) is 0 Å². The van der Waals surface area contributed by atoms with E-state index in [0.29, 0.717) is 12.0 Å². The Kier molecular flexibility index (Phi) is 10.3. The highest BCUT2D eigenvalue weighted by Crippen LogP contribution is 2.39. The molecule has 0 radical (unpaired) electrons. The fourth-order valence-electron chi connectivity index (χ4n) is 3.95. The van der Waals surface area contributed by atoms with Gasteiger partial charge < -0.3 is 0 Å². The Morgan fingerprint density at radius 3 is 2.16 bits per heavy atom. The number of halogens is 2.